The molecular formula is C32H59NO8. The van der Waals surface area contributed by atoms with Crippen molar-refractivity contribution in [2.24, 2.45) is 0 Å². The van der Waals surface area contributed by atoms with Crippen LogP contribution < -0.4 is 5.32 Å². The summed E-state index contributed by atoms with van der Waals surface area (Å²) in [5.41, 5.74) is -0.756. The lowest BCUT2D eigenvalue weighted by atomic mass is 10.0. The van der Waals surface area contributed by atoms with E-state index in [4.69, 9.17) is 19.3 Å². The molecule has 2 N–H and O–H groups in total. The van der Waals surface area contributed by atoms with Gasteiger partial charge in [-0.2, -0.15) is 0 Å². The molecule has 9 nitrogen and oxygen atoms in total. The van der Waals surface area contributed by atoms with E-state index in [1.807, 2.05) is 0 Å². The van der Waals surface area contributed by atoms with Crippen LogP contribution in [0.1, 0.15) is 143 Å². The van der Waals surface area contributed by atoms with E-state index >= 15 is 0 Å². The molecule has 1 atom stereocenters. The van der Waals surface area contributed by atoms with E-state index in [0.29, 0.717) is 25.9 Å². The molecule has 0 aromatic rings. The summed E-state index contributed by atoms with van der Waals surface area (Å²) in [6.45, 7) is 7.98. The molecule has 0 aliphatic rings. The average Bonchev–Trinajstić information content (AvgIpc) is 2.89. The summed E-state index contributed by atoms with van der Waals surface area (Å²) in [6.07, 6.45) is 18.3. The summed E-state index contributed by atoms with van der Waals surface area (Å²) in [6, 6.07) is -1.06. The van der Waals surface area contributed by atoms with Gasteiger partial charge >= 0.3 is 11.9 Å². The molecule has 240 valence electrons. The molecule has 0 saturated carbocycles. The second-order valence-corrected chi connectivity index (χ2v) is 11.9. The van der Waals surface area contributed by atoms with E-state index in [1.54, 1.807) is 20.8 Å². The Balaban J connectivity index is 3.70. The molecule has 0 spiro atoms. The predicted octanol–water partition coefficient (Wildman–Crippen LogP) is 6.54. The van der Waals surface area contributed by atoms with Gasteiger partial charge < -0.3 is 24.6 Å². The van der Waals surface area contributed by atoms with Crippen molar-refractivity contribution >= 4 is 23.6 Å². The van der Waals surface area contributed by atoms with Gasteiger partial charge in [0.05, 0.1) is 13.2 Å². The van der Waals surface area contributed by atoms with Gasteiger partial charge in [-0.1, -0.05) is 84.0 Å². The molecule has 0 saturated heterocycles. The number of carbonyl (C=O) groups is 4. The normalized spacial score (nSPS) is 12.2. The van der Waals surface area contributed by atoms with Crippen LogP contribution in [0.15, 0.2) is 0 Å². The van der Waals surface area contributed by atoms with Crippen molar-refractivity contribution in [3.63, 3.8) is 0 Å². The highest BCUT2D eigenvalue weighted by molar-refractivity contribution is 5.85. The minimum absolute atomic E-state index is 0.0722. The largest absolute Gasteiger partial charge is 0.481 e. The number of amides is 1. The first-order valence-corrected chi connectivity index (χ1v) is 16.0. The van der Waals surface area contributed by atoms with Crippen molar-refractivity contribution < 1.29 is 38.5 Å². The molecule has 0 aromatic heterocycles. The van der Waals surface area contributed by atoms with E-state index in [2.05, 4.69) is 12.2 Å². The Hall–Kier alpha value is -2.00. The molecule has 0 aromatic carbocycles. The lowest BCUT2D eigenvalue weighted by Gasteiger charge is -2.24. The van der Waals surface area contributed by atoms with E-state index in [0.717, 1.165) is 12.8 Å². The zero-order valence-electron chi connectivity index (χ0n) is 26.4. The van der Waals surface area contributed by atoms with Gasteiger partial charge in [-0.25, -0.2) is 4.79 Å². The van der Waals surface area contributed by atoms with Crippen molar-refractivity contribution in [1.29, 1.82) is 0 Å². The highest BCUT2D eigenvalue weighted by Gasteiger charge is 2.27. The lowest BCUT2D eigenvalue weighted by Crippen LogP contribution is -2.45. The van der Waals surface area contributed by atoms with Crippen LogP contribution in [-0.4, -0.2) is 66.8 Å². The Kier molecular flexibility index (Phi) is 24.4. The third-order valence-corrected chi connectivity index (χ3v) is 6.58. The van der Waals surface area contributed by atoms with E-state index < -0.39 is 29.5 Å². The highest BCUT2D eigenvalue weighted by Crippen LogP contribution is 2.14. The van der Waals surface area contributed by atoms with Crippen LogP contribution in [0.3, 0.4) is 0 Å². The molecule has 9 heteroatoms. The topological polar surface area (TPSA) is 128 Å². The molecule has 0 fully saturated rings. The number of ether oxygens (including phenoxy) is 3. The molecular weight excluding hydrogens is 526 g/mol. The fourth-order valence-electron chi connectivity index (χ4n) is 4.35. The van der Waals surface area contributed by atoms with Crippen LogP contribution in [-0.2, 0) is 33.4 Å². The Morgan fingerprint density at radius 1 is 0.683 bits per heavy atom. The number of hydrogen-bond donors (Lipinski definition) is 2. The lowest BCUT2D eigenvalue weighted by molar-refractivity contribution is -0.159. The summed E-state index contributed by atoms with van der Waals surface area (Å²) in [5.74, 6) is -2.00. The molecule has 0 rings (SSSR count). The third kappa shape index (κ3) is 27.9. The fraction of sp³-hybridized carbons (Fsp3) is 0.875. The number of hydrogen-bond acceptors (Lipinski definition) is 7. The van der Waals surface area contributed by atoms with Gasteiger partial charge in [0, 0.05) is 25.9 Å². The number of carboxylic acid groups (broad SMARTS) is 1. The molecule has 0 heterocycles. The van der Waals surface area contributed by atoms with Crippen molar-refractivity contribution in [3.8, 4) is 0 Å². The molecule has 0 radical (unpaired) electrons. The van der Waals surface area contributed by atoms with E-state index in [9.17, 15) is 19.2 Å². The SMILES string of the molecule is CCCCCCCCCCCCCCCC(=O)CCCOCCOCC(=O)NC(CCC(=O)O)C(=O)OC(C)(C)C. The summed E-state index contributed by atoms with van der Waals surface area (Å²) in [7, 11) is 0. The molecule has 1 amide bonds. The number of nitrogens with one attached hydrogen (secondary N) is 1. The molecule has 0 bridgehead atoms. The van der Waals surface area contributed by atoms with Crippen LogP contribution in [0.4, 0.5) is 0 Å². The number of esters is 1. The first-order valence-electron chi connectivity index (χ1n) is 16.0. The number of unbranched alkanes of at least 4 members (excludes halogenated alkanes) is 12. The molecule has 41 heavy (non-hydrogen) atoms. The quantitative estimate of drug-likeness (QED) is 0.0782. The summed E-state index contributed by atoms with van der Waals surface area (Å²) in [5, 5.41) is 11.4. The summed E-state index contributed by atoms with van der Waals surface area (Å²) >= 11 is 0. The smallest absolute Gasteiger partial charge is 0.329 e. The zero-order valence-corrected chi connectivity index (χ0v) is 26.4. The minimum Gasteiger partial charge on any atom is -0.481 e. The monoisotopic (exact) mass is 585 g/mol. The van der Waals surface area contributed by atoms with Gasteiger partial charge in [-0.3, -0.25) is 14.4 Å². The molecule has 0 aliphatic heterocycles. The Morgan fingerprint density at radius 3 is 1.73 bits per heavy atom. The number of Topliss-reactive ketones (excluding diaryl/α,β-unsaturated/α-hetero) is 1. The van der Waals surface area contributed by atoms with Crippen LogP contribution in [0, 0.1) is 0 Å². The minimum atomic E-state index is -1.07. The first kappa shape index (κ1) is 39.0. The number of carbonyl (C=O) groups excluding carboxylic acids is 3. The number of ketones is 1. The van der Waals surface area contributed by atoms with E-state index in [1.165, 1.54) is 70.6 Å². The van der Waals surface area contributed by atoms with E-state index in [-0.39, 0.29) is 38.4 Å². The standard InChI is InChI=1S/C32H59NO8/c1-5-6-7-8-9-10-11-12-13-14-15-16-17-19-27(34)20-18-23-39-24-25-40-26-29(35)33-28(21-22-30(36)37)31(38)41-32(2,3)4/h28H,5-26H2,1-4H3,(H,33,35)(H,36,37). The van der Waals surface area contributed by atoms with Gasteiger partial charge in [0.2, 0.25) is 5.91 Å². The van der Waals surface area contributed by atoms with Crippen LogP contribution in [0.2, 0.25) is 0 Å². The predicted molar refractivity (Wildman–Crippen MR) is 161 cm³/mol. The summed E-state index contributed by atoms with van der Waals surface area (Å²) in [4.78, 5) is 47.4. The molecule has 1 unspecified atom stereocenters. The van der Waals surface area contributed by atoms with Gasteiger partial charge in [0.1, 0.15) is 24.0 Å². The number of aliphatic carboxylic acids is 1. The number of rotatable bonds is 28. The van der Waals surface area contributed by atoms with Crippen molar-refractivity contribution in [2.75, 3.05) is 26.4 Å². The van der Waals surface area contributed by atoms with Crippen LogP contribution in [0.5, 0.6) is 0 Å². The van der Waals surface area contributed by atoms with Gasteiger partial charge in [-0.05, 0) is 40.0 Å². The maximum absolute atomic E-state index is 12.3. The maximum atomic E-state index is 12.3. The van der Waals surface area contributed by atoms with Crippen LogP contribution >= 0.6 is 0 Å². The Morgan fingerprint density at radius 2 is 1.20 bits per heavy atom. The van der Waals surface area contributed by atoms with Gasteiger partial charge in [0.15, 0.2) is 0 Å². The Bertz CT molecular complexity index is 704. The van der Waals surface area contributed by atoms with Crippen molar-refractivity contribution in [1.82, 2.24) is 5.32 Å². The van der Waals surface area contributed by atoms with Gasteiger partial charge in [-0.15, -0.1) is 0 Å². The zero-order chi connectivity index (χ0) is 30.8. The second kappa shape index (κ2) is 25.7. The third-order valence-electron chi connectivity index (χ3n) is 6.58. The second-order valence-electron chi connectivity index (χ2n) is 11.9. The maximum Gasteiger partial charge on any atom is 0.329 e. The fourth-order valence-corrected chi connectivity index (χ4v) is 4.35. The highest BCUT2D eigenvalue weighted by atomic mass is 16.6. The van der Waals surface area contributed by atoms with Crippen molar-refractivity contribution in [3.05, 3.63) is 0 Å². The average molecular weight is 586 g/mol. The number of carboxylic acids is 1. The van der Waals surface area contributed by atoms with Gasteiger partial charge in [0.25, 0.3) is 0 Å². The van der Waals surface area contributed by atoms with Crippen LogP contribution in [0.25, 0.3) is 0 Å². The Labute approximate surface area is 248 Å². The first-order chi connectivity index (χ1) is 19.5. The van der Waals surface area contributed by atoms with Crippen molar-refractivity contribution in [2.45, 2.75) is 155 Å². The molecule has 0 aliphatic carbocycles. The summed E-state index contributed by atoms with van der Waals surface area (Å²) < 4.78 is 16.0.